The normalized spacial score (nSPS) is 18.1. The Balaban J connectivity index is 1.40. The van der Waals surface area contributed by atoms with E-state index in [4.69, 9.17) is 0 Å². The van der Waals surface area contributed by atoms with Crippen molar-refractivity contribution in [1.29, 1.82) is 0 Å². The summed E-state index contributed by atoms with van der Waals surface area (Å²) < 4.78 is 0. The Bertz CT molecular complexity index is 845. The molecule has 4 heterocycles. The van der Waals surface area contributed by atoms with Crippen molar-refractivity contribution in [1.82, 2.24) is 29.8 Å². The number of imidazole rings is 1. The standard InChI is InChI=1S/C20H24N6/c1-15-4-2-6-17(25-15)13-26-9-3-5-16(12-26)10-18-11-19(24-14-23-18)20-21-7-8-22-20/h2,4,6-8,11,14,16H,3,5,9-10,12-13H2,1H3,(H,21,22)/t16-/m1/s1. The average molecular weight is 348 g/mol. The van der Waals surface area contributed by atoms with Gasteiger partial charge in [0.05, 0.1) is 5.69 Å². The zero-order valence-electron chi connectivity index (χ0n) is 15.1. The van der Waals surface area contributed by atoms with Crippen LogP contribution in [0.15, 0.2) is 43.0 Å². The van der Waals surface area contributed by atoms with Gasteiger partial charge in [-0.15, -0.1) is 0 Å². The van der Waals surface area contributed by atoms with E-state index in [9.17, 15) is 0 Å². The fraction of sp³-hybridized carbons (Fsp3) is 0.400. The second-order valence-corrected chi connectivity index (χ2v) is 7.05. The van der Waals surface area contributed by atoms with E-state index in [2.05, 4.69) is 48.0 Å². The Morgan fingerprint density at radius 3 is 3.00 bits per heavy atom. The van der Waals surface area contributed by atoms with Gasteiger partial charge >= 0.3 is 0 Å². The van der Waals surface area contributed by atoms with Crippen LogP contribution in [0, 0.1) is 12.8 Å². The third-order valence-electron chi connectivity index (χ3n) is 4.90. The molecule has 6 nitrogen and oxygen atoms in total. The smallest absolute Gasteiger partial charge is 0.156 e. The average Bonchev–Trinajstić information content (AvgIpc) is 3.17. The van der Waals surface area contributed by atoms with E-state index in [0.717, 1.165) is 54.7 Å². The lowest BCUT2D eigenvalue weighted by atomic mass is 9.93. The van der Waals surface area contributed by atoms with E-state index in [-0.39, 0.29) is 0 Å². The molecule has 1 aliphatic heterocycles. The van der Waals surface area contributed by atoms with Crippen LogP contribution in [-0.2, 0) is 13.0 Å². The maximum atomic E-state index is 4.64. The van der Waals surface area contributed by atoms with Crippen LogP contribution in [0.25, 0.3) is 11.5 Å². The topological polar surface area (TPSA) is 70.6 Å². The lowest BCUT2D eigenvalue weighted by molar-refractivity contribution is 0.164. The van der Waals surface area contributed by atoms with Gasteiger partial charge in [-0.2, -0.15) is 0 Å². The highest BCUT2D eigenvalue weighted by atomic mass is 15.1. The number of aromatic amines is 1. The van der Waals surface area contributed by atoms with Crippen LogP contribution in [0.4, 0.5) is 0 Å². The van der Waals surface area contributed by atoms with E-state index < -0.39 is 0 Å². The van der Waals surface area contributed by atoms with Crippen molar-refractivity contribution in [3.05, 3.63) is 60.1 Å². The number of H-pyrrole nitrogens is 1. The zero-order valence-corrected chi connectivity index (χ0v) is 15.1. The van der Waals surface area contributed by atoms with E-state index >= 15 is 0 Å². The van der Waals surface area contributed by atoms with Gasteiger partial charge in [0.25, 0.3) is 0 Å². The molecule has 0 unspecified atom stereocenters. The summed E-state index contributed by atoms with van der Waals surface area (Å²) >= 11 is 0. The summed E-state index contributed by atoms with van der Waals surface area (Å²) in [6, 6.07) is 8.32. The third kappa shape index (κ3) is 4.14. The van der Waals surface area contributed by atoms with Gasteiger partial charge < -0.3 is 4.98 Å². The van der Waals surface area contributed by atoms with Crippen LogP contribution in [0.2, 0.25) is 0 Å². The minimum absolute atomic E-state index is 0.618. The second-order valence-electron chi connectivity index (χ2n) is 7.05. The van der Waals surface area contributed by atoms with Gasteiger partial charge in [-0.1, -0.05) is 6.07 Å². The molecule has 134 valence electrons. The number of nitrogens with one attached hydrogen (secondary N) is 1. The van der Waals surface area contributed by atoms with Crippen molar-refractivity contribution in [3.8, 4) is 11.5 Å². The molecule has 0 aliphatic carbocycles. The van der Waals surface area contributed by atoms with Crippen LogP contribution in [-0.4, -0.2) is 42.9 Å². The van der Waals surface area contributed by atoms with E-state index in [0.29, 0.717) is 5.92 Å². The van der Waals surface area contributed by atoms with Crippen LogP contribution < -0.4 is 0 Å². The molecule has 0 amide bonds. The number of aromatic nitrogens is 5. The monoisotopic (exact) mass is 348 g/mol. The van der Waals surface area contributed by atoms with Crippen molar-refractivity contribution in [3.63, 3.8) is 0 Å². The van der Waals surface area contributed by atoms with Crippen molar-refractivity contribution in [2.24, 2.45) is 5.92 Å². The summed E-state index contributed by atoms with van der Waals surface area (Å²) in [5, 5.41) is 0. The largest absolute Gasteiger partial charge is 0.343 e. The number of likely N-dealkylation sites (tertiary alicyclic amines) is 1. The minimum atomic E-state index is 0.618. The number of rotatable bonds is 5. The molecule has 1 atom stereocenters. The fourth-order valence-corrected chi connectivity index (χ4v) is 3.72. The Kier molecular flexibility index (Phi) is 5.02. The first-order valence-electron chi connectivity index (χ1n) is 9.22. The first kappa shape index (κ1) is 16.8. The van der Waals surface area contributed by atoms with E-state index in [1.54, 1.807) is 12.5 Å². The lowest BCUT2D eigenvalue weighted by Gasteiger charge is -2.32. The number of aryl methyl sites for hydroxylation is 1. The van der Waals surface area contributed by atoms with Gasteiger partial charge in [-0.25, -0.2) is 15.0 Å². The van der Waals surface area contributed by atoms with Crippen LogP contribution in [0.5, 0.6) is 0 Å². The van der Waals surface area contributed by atoms with Gasteiger partial charge in [0.2, 0.25) is 0 Å². The van der Waals surface area contributed by atoms with Gasteiger partial charge in [0.15, 0.2) is 5.82 Å². The Morgan fingerprint density at radius 1 is 1.19 bits per heavy atom. The van der Waals surface area contributed by atoms with Gasteiger partial charge in [-0.3, -0.25) is 9.88 Å². The van der Waals surface area contributed by atoms with Gasteiger partial charge in [0, 0.05) is 36.9 Å². The number of piperidine rings is 1. The highest BCUT2D eigenvalue weighted by Gasteiger charge is 2.21. The highest BCUT2D eigenvalue weighted by molar-refractivity contribution is 5.48. The molecule has 6 heteroatoms. The zero-order chi connectivity index (χ0) is 17.8. The van der Waals surface area contributed by atoms with Crippen molar-refractivity contribution in [2.75, 3.05) is 13.1 Å². The summed E-state index contributed by atoms with van der Waals surface area (Å²) in [6.07, 6.45) is 8.66. The number of hydrogen-bond acceptors (Lipinski definition) is 5. The van der Waals surface area contributed by atoms with E-state index in [1.807, 2.05) is 19.2 Å². The van der Waals surface area contributed by atoms with Crippen molar-refractivity contribution in [2.45, 2.75) is 32.7 Å². The molecule has 26 heavy (non-hydrogen) atoms. The molecule has 3 aromatic heterocycles. The molecule has 1 saturated heterocycles. The Labute approximate surface area is 153 Å². The fourth-order valence-electron chi connectivity index (χ4n) is 3.72. The predicted octanol–water partition coefficient (Wildman–Crippen LogP) is 3.02. The second kappa shape index (κ2) is 7.74. The Morgan fingerprint density at radius 2 is 2.15 bits per heavy atom. The molecule has 0 spiro atoms. The Hall–Kier alpha value is -2.60. The molecule has 0 bridgehead atoms. The molecule has 1 N–H and O–H groups in total. The maximum absolute atomic E-state index is 4.64. The third-order valence-corrected chi connectivity index (χ3v) is 4.90. The van der Waals surface area contributed by atoms with Crippen molar-refractivity contribution >= 4 is 0 Å². The number of pyridine rings is 1. The molecule has 1 fully saturated rings. The first-order valence-corrected chi connectivity index (χ1v) is 9.22. The summed E-state index contributed by atoms with van der Waals surface area (Å²) in [5.74, 6) is 1.41. The first-order chi connectivity index (χ1) is 12.8. The van der Waals surface area contributed by atoms with Crippen LogP contribution in [0.1, 0.15) is 29.9 Å². The quantitative estimate of drug-likeness (QED) is 0.767. The molecule has 1 aliphatic rings. The van der Waals surface area contributed by atoms with Gasteiger partial charge in [0.1, 0.15) is 12.0 Å². The summed E-state index contributed by atoms with van der Waals surface area (Å²) in [4.78, 5) is 23.4. The lowest BCUT2D eigenvalue weighted by Crippen LogP contribution is -2.36. The maximum Gasteiger partial charge on any atom is 0.156 e. The molecule has 0 radical (unpaired) electrons. The summed E-state index contributed by atoms with van der Waals surface area (Å²) in [7, 11) is 0. The van der Waals surface area contributed by atoms with Crippen LogP contribution in [0.3, 0.4) is 0 Å². The molecule has 0 saturated carbocycles. The molecule has 4 rings (SSSR count). The predicted molar refractivity (Wildman–Crippen MR) is 100 cm³/mol. The number of hydrogen-bond donors (Lipinski definition) is 1. The highest BCUT2D eigenvalue weighted by Crippen LogP contribution is 2.22. The number of nitrogens with zero attached hydrogens (tertiary/aromatic N) is 5. The molecule has 3 aromatic rings. The van der Waals surface area contributed by atoms with Crippen LogP contribution >= 0.6 is 0 Å². The summed E-state index contributed by atoms with van der Waals surface area (Å²) in [6.45, 7) is 5.22. The minimum Gasteiger partial charge on any atom is -0.343 e. The van der Waals surface area contributed by atoms with Crippen molar-refractivity contribution < 1.29 is 0 Å². The van der Waals surface area contributed by atoms with Gasteiger partial charge in [-0.05, 0) is 56.8 Å². The van der Waals surface area contributed by atoms with E-state index in [1.165, 1.54) is 12.8 Å². The molecule has 0 aromatic carbocycles. The summed E-state index contributed by atoms with van der Waals surface area (Å²) in [5.41, 5.74) is 4.19. The molecular formula is C20H24N6. The molecular weight excluding hydrogens is 324 g/mol. The SMILES string of the molecule is Cc1cccc(CN2CCC[C@H](Cc3cc(-c4ncc[nH]4)ncn3)C2)n1.